The molecule has 1 heterocycles. The molecule has 5 heteroatoms. The molecule has 0 spiro atoms. The summed E-state index contributed by atoms with van der Waals surface area (Å²) >= 11 is 5.83. The first-order valence-electron chi connectivity index (χ1n) is 5.62. The average Bonchev–Trinajstić information content (AvgIpc) is 2.33. The molecule has 1 saturated heterocycles. The van der Waals surface area contributed by atoms with Crippen LogP contribution in [0.2, 0.25) is 0 Å². The molecule has 0 radical (unpaired) electrons. The molecule has 92 valence electrons. The zero-order valence-corrected chi connectivity index (χ0v) is 10.1. The molecular weight excluding hydrogens is 243 g/mol. The maximum Gasteiger partial charge on any atom is 0.251 e. The number of halogens is 2. The van der Waals surface area contributed by atoms with Crippen molar-refractivity contribution in [2.24, 2.45) is 0 Å². The topological polar surface area (TPSA) is 32.3 Å². The maximum atomic E-state index is 12.7. The molecule has 0 bridgehead atoms. The van der Waals surface area contributed by atoms with Crippen molar-refractivity contribution >= 4 is 17.7 Å². The van der Waals surface area contributed by atoms with Gasteiger partial charge in [-0.1, -0.05) is 0 Å². The van der Waals surface area contributed by atoms with Gasteiger partial charge in [0.1, 0.15) is 5.82 Å². The number of rotatable bonds is 2. The van der Waals surface area contributed by atoms with Crippen LogP contribution in [-0.4, -0.2) is 29.5 Å². The Hall–Kier alpha value is -1.13. The molecule has 0 unspecified atom stereocenters. The third-order valence-corrected chi connectivity index (χ3v) is 3.22. The second-order valence-electron chi connectivity index (χ2n) is 4.16. The van der Waals surface area contributed by atoms with Gasteiger partial charge in [0.05, 0.1) is 0 Å². The largest absolute Gasteiger partial charge is 0.349 e. The normalized spacial score (nSPS) is 18.0. The molecule has 1 aliphatic rings. The van der Waals surface area contributed by atoms with E-state index in [0.29, 0.717) is 5.56 Å². The molecule has 1 aromatic rings. The Morgan fingerprint density at radius 3 is 2.47 bits per heavy atom. The monoisotopic (exact) mass is 256 g/mol. The number of benzene rings is 1. The first kappa shape index (κ1) is 12.3. The van der Waals surface area contributed by atoms with Crippen LogP contribution >= 0.6 is 11.8 Å². The first-order chi connectivity index (χ1) is 8.15. The Bertz CT molecular complexity index is 388. The molecule has 2 rings (SSSR count). The molecule has 1 aromatic carbocycles. The van der Waals surface area contributed by atoms with E-state index in [4.69, 9.17) is 11.8 Å². The number of hydrogen-bond acceptors (Lipinski definition) is 2. The summed E-state index contributed by atoms with van der Waals surface area (Å²) in [6.45, 7) is 1.55. The second-order valence-corrected chi connectivity index (χ2v) is 4.64. The highest BCUT2D eigenvalue weighted by Gasteiger charge is 2.19. The predicted molar refractivity (Wildman–Crippen MR) is 64.3 cm³/mol. The van der Waals surface area contributed by atoms with Crippen molar-refractivity contribution in [3.63, 3.8) is 0 Å². The third-order valence-electron chi connectivity index (χ3n) is 2.88. The minimum atomic E-state index is -0.336. The smallest absolute Gasteiger partial charge is 0.251 e. The van der Waals surface area contributed by atoms with E-state index in [9.17, 15) is 9.18 Å². The Morgan fingerprint density at radius 1 is 1.29 bits per heavy atom. The Morgan fingerprint density at radius 2 is 1.88 bits per heavy atom. The molecule has 0 aliphatic carbocycles. The highest BCUT2D eigenvalue weighted by molar-refractivity contribution is 6.13. The van der Waals surface area contributed by atoms with E-state index in [0.717, 1.165) is 25.9 Å². The van der Waals surface area contributed by atoms with Gasteiger partial charge in [0.2, 0.25) is 0 Å². The fraction of sp³-hybridized carbons (Fsp3) is 0.417. The standard InChI is InChI=1S/C12H14ClFN2O/c13-16-7-5-11(6-8-16)15-12(17)9-1-3-10(14)4-2-9/h1-4,11H,5-8H2,(H,15,17). The Balaban J connectivity index is 1.91. The van der Waals surface area contributed by atoms with E-state index >= 15 is 0 Å². The summed E-state index contributed by atoms with van der Waals surface area (Å²) in [6.07, 6.45) is 1.69. The van der Waals surface area contributed by atoms with E-state index in [1.165, 1.54) is 24.3 Å². The number of nitrogens with zero attached hydrogens (tertiary/aromatic N) is 1. The lowest BCUT2D eigenvalue weighted by molar-refractivity contribution is 0.0923. The zero-order valence-electron chi connectivity index (χ0n) is 9.33. The Kier molecular flexibility index (Phi) is 3.97. The number of piperidine rings is 1. The van der Waals surface area contributed by atoms with Gasteiger partial charge in [0, 0.05) is 24.7 Å². The molecule has 17 heavy (non-hydrogen) atoms. The first-order valence-corrected chi connectivity index (χ1v) is 5.96. The van der Waals surface area contributed by atoms with Crippen LogP contribution in [0, 0.1) is 5.82 Å². The van der Waals surface area contributed by atoms with Gasteiger partial charge in [0.15, 0.2) is 0 Å². The van der Waals surface area contributed by atoms with Gasteiger partial charge in [-0.2, -0.15) is 0 Å². The summed E-state index contributed by atoms with van der Waals surface area (Å²) in [7, 11) is 0. The van der Waals surface area contributed by atoms with E-state index in [-0.39, 0.29) is 17.8 Å². The molecule has 0 atom stereocenters. The summed E-state index contributed by atoms with van der Waals surface area (Å²) in [4.78, 5) is 11.8. The van der Waals surface area contributed by atoms with E-state index in [1.807, 2.05) is 0 Å². The lowest BCUT2D eigenvalue weighted by Crippen LogP contribution is -2.42. The maximum absolute atomic E-state index is 12.7. The van der Waals surface area contributed by atoms with Crippen LogP contribution in [-0.2, 0) is 0 Å². The van der Waals surface area contributed by atoms with Gasteiger partial charge < -0.3 is 5.32 Å². The number of hydrogen-bond donors (Lipinski definition) is 1. The van der Waals surface area contributed by atoms with Crippen LogP contribution < -0.4 is 5.32 Å². The lowest BCUT2D eigenvalue weighted by Gasteiger charge is -2.27. The van der Waals surface area contributed by atoms with Gasteiger partial charge in [-0.3, -0.25) is 4.79 Å². The summed E-state index contributed by atoms with van der Waals surface area (Å²) in [5, 5.41) is 2.93. The van der Waals surface area contributed by atoms with Crippen molar-refractivity contribution in [2.75, 3.05) is 13.1 Å². The van der Waals surface area contributed by atoms with Crippen LogP contribution in [0.3, 0.4) is 0 Å². The van der Waals surface area contributed by atoms with E-state index < -0.39 is 0 Å². The predicted octanol–water partition coefficient (Wildman–Crippen LogP) is 2.17. The fourth-order valence-electron chi connectivity index (χ4n) is 1.86. The van der Waals surface area contributed by atoms with Crippen molar-refractivity contribution in [2.45, 2.75) is 18.9 Å². The summed E-state index contributed by atoms with van der Waals surface area (Å²) in [5.41, 5.74) is 0.486. The molecule has 1 aliphatic heterocycles. The summed E-state index contributed by atoms with van der Waals surface area (Å²) < 4.78 is 14.4. The van der Waals surface area contributed by atoms with Crippen LogP contribution in [0.25, 0.3) is 0 Å². The van der Waals surface area contributed by atoms with Crippen molar-refractivity contribution < 1.29 is 9.18 Å². The SMILES string of the molecule is O=C(NC1CCN(Cl)CC1)c1ccc(F)cc1. The van der Waals surface area contributed by atoms with E-state index in [1.54, 1.807) is 4.42 Å². The Labute approximate surface area is 105 Å². The highest BCUT2D eigenvalue weighted by Crippen LogP contribution is 2.12. The molecule has 0 saturated carbocycles. The number of carbonyl (C=O) groups excluding carboxylic acids is 1. The van der Waals surface area contributed by atoms with Gasteiger partial charge >= 0.3 is 0 Å². The van der Waals surface area contributed by atoms with Crippen molar-refractivity contribution in [1.29, 1.82) is 0 Å². The molecule has 1 amide bonds. The molecule has 0 aromatic heterocycles. The number of nitrogens with one attached hydrogen (secondary N) is 1. The molecular formula is C12H14ClFN2O. The molecule has 3 nitrogen and oxygen atoms in total. The third kappa shape index (κ3) is 3.41. The van der Waals surface area contributed by atoms with Crippen molar-refractivity contribution in [3.8, 4) is 0 Å². The van der Waals surface area contributed by atoms with Gasteiger partial charge in [0.25, 0.3) is 5.91 Å². The zero-order chi connectivity index (χ0) is 12.3. The minimum Gasteiger partial charge on any atom is -0.349 e. The lowest BCUT2D eigenvalue weighted by atomic mass is 10.1. The quantitative estimate of drug-likeness (QED) is 0.823. The van der Waals surface area contributed by atoms with Gasteiger partial charge in [-0.05, 0) is 48.9 Å². The van der Waals surface area contributed by atoms with Crippen molar-refractivity contribution in [1.82, 2.24) is 9.74 Å². The van der Waals surface area contributed by atoms with Crippen molar-refractivity contribution in [3.05, 3.63) is 35.6 Å². The summed E-state index contributed by atoms with van der Waals surface area (Å²) in [5.74, 6) is -0.491. The minimum absolute atomic E-state index is 0.155. The highest BCUT2D eigenvalue weighted by atomic mass is 35.5. The van der Waals surface area contributed by atoms with Crippen LogP contribution in [0.15, 0.2) is 24.3 Å². The van der Waals surface area contributed by atoms with E-state index in [2.05, 4.69) is 5.32 Å². The van der Waals surface area contributed by atoms with Gasteiger partial charge in [-0.25, -0.2) is 8.81 Å². The van der Waals surface area contributed by atoms with Crippen LogP contribution in [0.4, 0.5) is 4.39 Å². The number of carbonyl (C=O) groups is 1. The second kappa shape index (κ2) is 5.47. The molecule has 1 N–H and O–H groups in total. The fourth-order valence-corrected chi connectivity index (χ4v) is 2.06. The number of amides is 1. The van der Waals surface area contributed by atoms with Gasteiger partial charge in [-0.15, -0.1) is 0 Å². The summed E-state index contributed by atoms with van der Waals surface area (Å²) in [6, 6.07) is 5.71. The van der Waals surface area contributed by atoms with Crippen LogP contribution in [0.1, 0.15) is 23.2 Å². The average molecular weight is 257 g/mol. The molecule has 1 fully saturated rings. The van der Waals surface area contributed by atoms with Crippen LogP contribution in [0.5, 0.6) is 0 Å².